The van der Waals surface area contributed by atoms with E-state index >= 15 is 0 Å². The highest BCUT2D eigenvalue weighted by Crippen LogP contribution is 2.11. The Balaban J connectivity index is 4.18. The largest absolute Gasteiger partial charge is 0.346 e. The van der Waals surface area contributed by atoms with Gasteiger partial charge in [0.1, 0.15) is 0 Å². The van der Waals surface area contributed by atoms with Gasteiger partial charge in [-0.25, -0.2) is 0 Å². The molecule has 94 valence electrons. The SMILES string of the molecule is CC(C)CC(C)C(=O)NC(C)C(=O)C(C)C. The second-order valence-corrected chi connectivity index (χ2v) is 5.32. The molecule has 0 aliphatic rings. The fraction of sp³-hybridized carbons (Fsp3) is 0.846. The molecule has 0 saturated heterocycles. The van der Waals surface area contributed by atoms with Crippen LogP contribution in [-0.4, -0.2) is 17.7 Å². The Labute approximate surface area is 99.0 Å². The Hall–Kier alpha value is -0.860. The molecule has 0 aliphatic carbocycles. The highest BCUT2D eigenvalue weighted by atomic mass is 16.2. The van der Waals surface area contributed by atoms with Crippen LogP contribution in [0.1, 0.15) is 48.0 Å². The van der Waals surface area contributed by atoms with Gasteiger partial charge >= 0.3 is 0 Å². The first kappa shape index (κ1) is 15.1. The quantitative estimate of drug-likeness (QED) is 0.757. The standard InChI is InChI=1S/C13H25NO2/c1-8(2)7-10(5)13(16)14-11(6)12(15)9(3)4/h8-11H,7H2,1-6H3,(H,14,16). The van der Waals surface area contributed by atoms with Crippen LogP contribution in [0.25, 0.3) is 0 Å². The molecule has 3 nitrogen and oxygen atoms in total. The lowest BCUT2D eigenvalue weighted by molar-refractivity contribution is -0.131. The van der Waals surface area contributed by atoms with Crippen molar-refractivity contribution < 1.29 is 9.59 Å². The first-order chi connectivity index (χ1) is 7.25. The van der Waals surface area contributed by atoms with Crippen LogP contribution in [0.5, 0.6) is 0 Å². The van der Waals surface area contributed by atoms with Gasteiger partial charge in [-0.05, 0) is 19.3 Å². The first-order valence-corrected chi connectivity index (χ1v) is 6.09. The first-order valence-electron chi connectivity index (χ1n) is 6.09. The monoisotopic (exact) mass is 227 g/mol. The zero-order valence-corrected chi connectivity index (χ0v) is 11.3. The van der Waals surface area contributed by atoms with Crippen molar-refractivity contribution in [1.29, 1.82) is 0 Å². The van der Waals surface area contributed by atoms with Crippen molar-refractivity contribution >= 4 is 11.7 Å². The van der Waals surface area contributed by atoms with Gasteiger partial charge in [0.15, 0.2) is 5.78 Å². The van der Waals surface area contributed by atoms with E-state index in [1.54, 1.807) is 6.92 Å². The lowest BCUT2D eigenvalue weighted by atomic mass is 9.97. The van der Waals surface area contributed by atoms with Gasteiger partial charge in [-0.1, -0.05) is 34.6 Å². The summed E-state index contributed by atoms with van der Waals surface area (Å²) in [5.74, 6) is 0.510. The van der Waals surface area contributed by atoms with Crippen LogP contribution in [0.3, 0.4) is 0 Å². The fourth-order valence-electron chi connectivity index (χ4n) is 1.74. The minimum absolute atomic E-state index is 0.0183. The molecule has 0 aromatic heterocycles. The van der Waals surface area contributed by atoms with Crippen LogP contribution in [0.2, 0.25) is 0 Å². The molecule has 16 heavy (non-hydrogen) atoms. The maximum absolute atomic E-state index is 11.8. The highest BCUT2D eigenvalue weighted by molar-refractivity contribution is 5.90. The average Bonchev–Trinajstić information content (AvgIpc) is 2.14. The minimum Gasteiger partial charge on any atom is -0.346 e. The van der Waals surface area contributed by atoms with Crippen molar-refractivity contribution in [3.63, 3.8) is 0 Å². The van der Waals surface area contributed by atoms with E-state index in [1.165, 1.54) is 0 Å². The van der Waals surface area contributed by atoms with E-state index in [0.29, 0.717) is 5.92 Å². The van der Waals surface area contributed by atoms with Gasteiger partial charge in [-0.2, -0.15) is 0 Å². The number of rotatable bonds is 6. The molecular formula is C13H25NO2. The zero-order valence-electron chi connectivity index (χ0n) is 11.3. The summed E-state index contributed by atoms with van der Waals surface area (Å²) in [5, 5.41) is 2.78. The van der Waals surface area contributed by atoms with E-state index in [9.17, 15) is 9.59 Å². The maximum Gasteiger partial charge on any atom is 0.223 e. The predicted molar refractivity (Wildman–Crippen MR) is 66.1 cm³/mol. The smallest absolute Gasteiger partial charge is 0.223 e. The van der Waals surface area contributed by atoms with E-state index in [1.807, 2.05) is 20.8 Å². The van der Waals surface area contributed by atoms with Crippen LogP contribution in [0.15, 0.2) is 0 Å². The number of ketones is 1. The van der Waals surface area contributed by atoms with Crippen LogP contribution < -0.4 is 5.32 Å². The van der Waals surface area contributed by atoms with Crippen molar-refractivity contribution in [2.75, 3.05) is 0 Å². The van der Waals surface area contributed by atoms with Gasteiger partial charge in [0.05, 0.1) is 6.04 Å². The van der Waals surface area contributed by atoms with Gasteiger partial charge in [0, 0.05) is 11.8 Å². The van der Waals surface area contributed by atoms with Gasteiger partial charge < -0.3 is 5.32 Å². The average molecular weight is 227 g/mol. The van der Waals surface area contributed by atoms with Crippen LogP contribution in [-0.2, 0) is 9.59 Å². The van der Waals surface area contributed by atoms with Crippen molar-refractivity contribution in [2.24, 2.45) is 17.8 Å². The number of amides is 1. The van der Waals surface area contributed by atoms with E-state index in [2.05, 4.69) is 19.2 Å². The molecule has 2 unspecified atom stereocenters. The number of carbonyl (C=O) groups is 2. The van der Waals surface area contributed by atoms with Gasteiger partial charge in [-0.15, -0.1) is 0 Å². The van der Waals surface area contributed by atoms with E-state index in [-0.39, 0.29) is 29.6 Å². The molecule has 0 aromatic carbocycles. The number of nitrogens with one attached hydrogen (secondary N) is 1. The minimum atomic E-state index is -0.373. The molecule has 0 rings (SSSR count). The second kappa shape index (κ2) is 6.66. The second-order valence-electron chi connectivity index (χ2n) is 5.32. The summed E-state index contributed by atoms with van der Waals surface area (Å²) in [6.07, 6.45) is 0.856. The Kier molecular flexibility index (Phi) is 6.31. The number of carbonyl (C=O) groups excluding carboxylic acids is 2. The van der Waals surface area contributed by atoms with Crippen LogP contribution in [0.4, 0.5) is 0 Å². The van der Waals surface area contributed by atoms with Crippen molar-refractivity contribution in [3.8, 4) is 0 Å². The normalized spacial score (nSPS) is 15.0. The Morgan fingerprint density at radius 2 is 1.50 bits per heavy atom. The molecule has 3 heteroatoms. The maximum atomic E-state index is 11.8. The number of hydrogen-bond acceptors (Lipinski definition) is 2. The Bertz CT molecular complexity index is 246. The molecular weight excluding hydrogens is 202 g/mol. The molecule has 2 atom stereocenters. The summed E-state index contributed by atoms with van der Waals surface area (Å²) in [4.78, 5) is 23.4. The highest BCUT2D eigenvalue weighted by Gasteiger charge is 2.21. The third-order valence-electron chi connectivity index (χ3n) is 2.63. The fourth-order valence-corrected chi connectivity index (χ4v) is 1.74. The lowest BCUT2D eigenvalue weighted by Gasteiger charge is -2.19. The number of hydrogen-bond donors (Lipinski definition) is 1. The molecule has 0 aliphatic heterocycles. The van der Waals surface area contributed by atoms with Gasteiger partial charge in [-0.3, -0.25) is 9.59 Å². The third-order valence-corrected chi connectivity index (χ3v) is 2.63. The Morgan fingerprint density at radius 3 is 1.88 bits per heavy atom. The van der Waals surface area contributed by atoms with E-state index < -0.39 is 0 Å². The molecule has 1 N–H and O–H groups in total. The van der Waals surface area contributed by atoms with Crippen LogP contribution in [0, 0.1) is 17.8 Å². The molecule has 0 spiro atoms. The zero-order chi connectivity index (χ0) is 12.9. The van der Waals surface area contributed by atoms with Crippen molar-refractivity contribution in [2.45, 2.75) is 54.0 Å². The van der Waals surface area contributed by atoms with E-state index in [0.717, 1.165) is 6.42 Å². The summed E-state index contributed by atoms with van der Waals surface area (Å²) >= 11 is 0. The molecule has 0 fully saturated rings. The third kappa shape index (κ3) is 5.29. The van der Waals surface area contributed by atoms with Gasteiger partial charge in [0.25, 0.3) is 0 Å². The molecule has 0 saturated carbocycles. The molecule has 0 bridgehead atoms. The summed E-state index contributed by atoms with van der Waals surface area (Å²) < 4.78 is 0. The van der Waals surface area contributed by atoms with Crippen molar-refractivity contribution in [3.05, 3.63) is 0 Å². The molecule has 0 heterocycles. The predicted octanol–water partition coefficient (Wildman–Crippen LogP) is 2.40. The topological polar surface area (TPSA) is 46.2 Å². The molecule has 0 aromatic rings. The van der Waals surface area contributed by atoms with E-state index in [4.69, 9.17) is 0 Å². The summed E-state index contributed by atoms with van der Waals surface area (Å²) in [7, 11) is 0. The summed E-state index contributed by atoms with van der Waals surface area (Å²) in [5.41, 5.74) is 0. The Morgan fingerprint density at radius 1 is 1.00 bits per heavy atom. The number of Topliss-reactive ketones (excluding diaryl/α,β-unsaturated/α-hetero) is 1. The van der Waals surface area contributed by atoms with Crippen molar-refractivity contribution in [1.82, 2.24) is 5.32 Å². The van der Waals surface area contributed by atoms with Crippen LogP contribution >= 0.6 is 0 Å². The lowest BCUT2D eigenvalue weighted by Crippen LogP contribution is -2.42. The molecule has 0 radical (unpaired) electrons. The molecule has 1 amide bonds. The summed E-state index contributed by atoms with van der Waals surface area (Å²) in [6.45, 7) is 11.5. The van der Waals surface area contributed by atoms with Gasteiger partial charge in [0.2, 0.25) is 5.91 Å². The summed E-state index contributed by atoms with van der Waals surface area (Å²) in [6, 6.07) is -0.373.